The van der Waals surface area contributed by atoms with Gasteiger partial charge in [0.1, 0.15) is 5.78 Å². The molecule has 106 valence electrons. The van der Waals surface area contributed by atoms with Crippen LogP contribution in [0.5, 0.6) is 0 Å². The minimum Gasteiger partial charge on any atom is -0.300 e. The SMILES string of the molecule is CCCCCCCCc1ccc(CC(C)=O)cc1Br. The minimum atomic E-state index is 0.218. The van der Waals surface area contributed by atoms with E-state index in [0.717, 1.165) is 16.5 Å². The number of hydrogen-bond acceptors (Lipinski definition) is 1. The third-order valence-electron chi connectivity index (χ3n) is 3.37. The van der Waals surface area contributed by atoms with Gasteiger partial charge in [0.25, 0.3) is 0 Å². The van der Waals surface area contributed by atoms with E-state index in [1.165, 1.54) is 44.1 Å². The number of halogens is 1. The molecule has 0 aliphatic carbocycles. The molecule has 0 aliphatic heterocycles. The lowest BCUT2D eigenvalue weighted by Crippen LogP contribution is -1.97. The van der Waals surface area contributed by atoms with Gasteiger partial charge in [-0.2, -0.15) is 0 Å². The van der Waals surface area contributed by atoms with E-state index in [2.05, 4.69) is 41.1 Å². The Kier molecular flexibility index (Phi) is 8.04. The van der Waals surface area contributed by atoms with Gasteiger partial charge in [0.15, 0.2) is 0 Å². The summed E-state index contributed by atoms with van der Waals surface area (Å²) < 4.78 is 1.15. The monoisotopic (exact) mass is 324 g/mol. The number of rotatable bonds is 9. The van der Waals surface area contributed by atoms with E-state index in [1.807, 2.05) is 0 Å². The van der Waals surface area contributed by atoms with E-state index in [0.29, 0.717) is 6.42 Å². The zero-order valence-corrected chi connectivity index (χ0v) is 13.8. The van der Waals surface area contributed by atoms with Crippen molar-refractivity contribution in [2.45, 2.75) is 65.2 Å². The predicted octanol–water partition coefficient (Wildman–Crippen LogP) is 5.48. The summed E-state index contributed by atoms with van der Waals surface area (Å²) in [7, 11) is 0. The first-order valence-electron chi connectivity index (χ1n) is 7.40. The van der Waals surface area contributed by atoms with E-state index in [1.54, 1.807) is 6.92 Å². The normalized spacial score (nSPS) is 10.7. The van der Waals surface area contributed by atoms with Gasteiger partial charge in [0.2, 0.25) is 0 Å². The Morgan fingerprint density at radius 1 is 1.11 bits per heavy atom. The first-order chi connectivity index (χ1) is 9.13. The fourth-order valence-electron chi connectivity index (χ4n) is 2.29. The first kappa shape index (κ1) is 16.4. The predicted molar refractivity (Wildman–Crippen MR) is 85.6 cm³/mol. The summed E-state index contributed by atoms with van der Waals surface area (Å²) in [5.74, 6) is 0.218. The van der Waals surface area contributed by atoms with Crippen molar-refractivity contribution in [1.29, 1.82) is 0 Å². The summed E-state index contributed by atoms with van der Waals surface area (Å²) in [4.78, 5) is 11.1. The van der Waals surface area contributed by atoms with Gasteiger partial charge in [0, 0.05) is 10.9 Å². The highest BCUT2D eigenvalue weighted by Gasteiger charge is 2.03. The maximum atomic E-state index is 11.1. The second kappa shape index (κ2) is 9.30. The van der Waals surface area contributed by atoms with Crippen LogP contribution in [0.4, 0.5) is 0 Å². The molecule has 0 atom stereocenters. The third-order valence-corrected chi connectivity index (χ3v) is 4.11. The van der Waals surface area contributed by atoms with E-state index >= 15 is 0 Å². The van der Waals surface area contributed by atoms with Gasteiger partial charge in [-0.05, 0) is 37.0 Å². The van der Waals surface area contributed by atoms with Crippen LogP contribution in [0.3, 0.4) is 0 Å². The average molecular weight is 325 g/mol. The van der Waals surface area contributed by atoms with Gasteiger partial charge < -0.3 is 0 Å². The molecule has 0 heterocycles. The Morgan fingerprint density at radius 3 is 2.42 bits per heavy atom. The second-order valence-electron chi connectivity index (χ2n) is 5.32. The van der Waals surface area contributed by atoms with Crippen LogP contribution in [0.2, 0.25) is 0 Å². The van der Waals surface area contributed by atoms with Crippen LogP contribution in [0.25, 0.3) is 0 Å². The van der Waals surface area contributed by atoms with Crippen molar-refractivity contribution in [2.24, 2.45) is 0 Å². The Labute approximate surface area is 125 Å². The van der Waals surface area contributed by atoms with Gasteiger partial charge in [-0.25, -0.2) is 0 Å². The van der Waals surface area contributed by atoms with Crippen molar-refractivity contribution in [3.05, 3.63) is 33.8 Å². The van der Waals surface area contributed by atoms with E-state index < -0.39 is 0 Å². The summed E-state index contributed by atoms with van der Waals surface area (Å²) in [6, 6.07) is 6.33. The Hall–Kier alpha value is -0.630. The molecule has 19 heavy (non-hydrogen) atoms. The van der Waals surface area contributed by atoms with E-state index in [-0.39, 0.29) is 5.78 Å². The number of Topliss-reactive ketones (excluding diaryl/α,β-unsaturated/α-hetero) is 1. The van der Waals surface area contributed by atoms with Crippen molar-refractivity contribution in [2.75, 3.05) is 0 Å². The summed E-state index contributed by atoms with van der Waals surface area (Å²) in [6.45, 7) is 3.89. The molecule has 0 amide bonds. The number of carbonyl (C=O) groups excluding carboxylic acids is 1. The molecular formula is C17H25BrO. The number of carbonyl (C=O) groups is 1. The zero-order valence-electron chi connectivity index (χ0n) is 12.2. The maximum Gasteiger partial charge on any atom is 0.134 e. The Bertz CT molecular complexity index is 398. The Morgan fingerprint density at radius 2 is 1.79 bits per heavy atom. The maximum absolute atomic E-state index is 11.1. The minimum absolute atomic E-state index is 0.218. The molecule has 0 saturated carbocycles. The number of ketones is 1. The molecule has 0 fully saturated rings. The van der Waals surface area contributed by atoms with Gasteiger partial charge in [-0.1, -0.05) is 67.1 Å². The molecule has 0 spiro atoms. The molecule has 0 bridgehead atoms. The van der Waals surface area contributed by atoms with Crippen LogP contribution in [0, 0.1) is 0 Å². The number of benzene rings is 1. The Balaban J connectivity index is 2.36. The lowest BCUT2D eigenvalue weighted by atomic mass is 10.0. The van der Waals surface area contributed by atoms with Gasteiger partial charge in [0.05, 0.1) is 0 Å². The van der Waals surface area contributed by atoms with E-state index in [9.17, 15) is 4.79 Å². The van der Waals surface area contributed by atoms with Crippen LogP contribution in [0.15, 0.2) is 22.7 Å². The van der Waals surface area contributed by atoms with Gasteiger partial charge in [-0.3, -0.25) is 4.79 Å². The zero-order chi connectivity index (χ0) is 14.1. The molecule has 2 heteroatoms. The van der Waals surface area contributed by atoms with Crippen LogP contribution < -0.4 is 0 Å². The second-order valence-corrected chi connectivity index (χ2v) is 6.18. The molecular weight excluding hydrogens is 300 g/mol. The standard InChI is InChI=1S/C17H25BrO/c1-3-4-5-6-7-8-9-16-11-10-15(12-14(2)19)13-17(16)18/h10-11,13H,3-9,12H2,1-2H3. The van der Waals surface area contributed by atoms with Crippen LogP contribution >= 0.6 is 15.9 Å². The van der Waals surface area contributed by atoms with Crippen molar-refractivity contribution >= 4 is 21.7 Å². The topological polar surface area (TPSA) is 17.1 Å². The fourth-order valence-corrected chi connectivity index (χ4v) is 2.91. The summed E-state index contributed by atoms with van der Waals surface area (Å²) in [5, 5.41) is 0. The number of unbranched alkanes of at least 4 members (excludes halogenated alkanes) is 5. The van der Waals surface area contributed by atoms with Crippen LogP contribution in [-0.4, -0.2) is 5.78 Å². The lowest BCUT2D eigenvalue weighted by Gasteiger charge is -2.07. The van der Waals surface area contributed by atoms with Gasteiger partial charge >= 0.3 is 0 Å². The quantitative estimate of drug-likeness (QED) is 0.549. The smallest absolute Gasteiger partial charge is 0.134 e. The molecule has 0 N–H and O–H groups in total. The molecule has 0 radical (unpaired) electrons. The number of aryl methyl sites for hydroxylation is 1. The number of hydrogen-bond donors (Lipinski definition) is 0. The molecule has 1 aromatic carbocycles. The highest BCUT2D eigenvalue weighted by Crippen LogP contribution is 2.21. The van der Waals surface area contributed by atoms with Crippen LogP contribution in [-0.2, 0) is 17.6 Å². The molecule has 0 unspecified atom stereocenters. The lowest BCUT2D eigenvalue weighted by molar-refractivity contribution is -0.116. The van der Waals surface area contributed by atoms with Crippen molar-refractivity contribution in [3.63, 3.8) is 0 Å². The molecule has 1 rings (SSSR count). The third kappa shape index (κ3) is 6.91. The van der Waals surface area contributed by atoms with Crippen molar-refractivity contribution in [3.8, 4) is 0 Å². The summed E-state index contributed by atoms with van der Waals surface area (Å²) >= 11 is 3.62. The van der Waals surface area contributed by atoms with E-state index in [4.69, 9.17) is 0 Å². The molecule has 1 nitrogen and oxygen atoms in total. The molecule has 0 aromatic heterocycles. The average Bonchev–Trinajstić information content (AvgIpc) is 2.35. The highest BCUT2D eigenvalue weighted by atomic mass is 79.9. The van der Waals surface area contributed by atoms with Crippen molar-refractivity contribution < 1.29 is 4.79 Å². The van der Waals surface area contributed by atoms with Crippen molar-refractivity contribution in [1.82, 2.24) is 0 Å². The van der Waals surface area contributed by atoms with Gasteiger partial charge in [-0.15, -0.1) is 0 Å². The summed E-state index contributed by atoms with van der Waals surface area (Å²) in [5.41, 5.74) is 2.47. The van der Waals surface area contributed by atoms with Crippen LogP contribution in [0.1, 0.15) is 63.5 Å². The first-order valence-corrected chi connectivity index (χ1v) is 8.19. The summed E-state index contributed by atoms with van der Waals surface area (Å²) in [6.07, 6.45) is 9.65. The molecule has 1 aromatic rings. The fraction of sp³-hybridized carbons (Fsp3) is 0.588. The largest absolute Gasteiger partial charge is 0.300 e. The highest BCUT2D eigenvalue weighted by molar-refractivity contribution is 9.10. The molecule has 0 aliphatic rings. The molecule has 0 saturated heterocycles.